The number of ether oxygens (including phenoxy) is 1. The Morgan fingerprint density at radius 3 is 2.50 bits per heavy atom. The summed E-state index contributed by atoms with van der Waals surface area (Å²) in [6, 6.07) is 25.2. The standard InChI is InChI=1S/C32H40FN3O2/c1-3-32(37)36(28-13-5-4-6-14-28)29-18-22-35(23-19-29)21-17-25-10-7-8-15-30(25)38-31(16-20-34-2)26-11-9-12-27(33)24-26/h4-15,24,29,31,34H,3,16-23H2,1-2H3. The Hall–Kier alpha value is -3.22. The summed E-state index contributed by atoms with van der Waals surface area (Å²) in [6.45, 7) is 5.56. The maximum Gasteiger partial charge on any atom is 0.226 e. The second kappa shape index (κ2) is 14.1. The van der Waals surface area contributed by atoms with Gasteiger partial charge in [-0.3, -0.25) is 4.79 Å². The van der Waals surface area contributed by atoms with Crippen LogP contribution in [0.1, 0.15) is 49.8 Å². The Morgan fingerprint density at radius 1 is 1.05 bits per heavy atom. The molecule has 1 aliphatic heterocycles. The number of anilines is 1. The molecule has 0 aromatic heterocycles. The van der Waals surface area contributed by atoms with E-state index in [1.165, 1.54) is 6.07 Å². The number of hydrogen-bond acceptors (Lipinski definition) is 4. The monoisotopic (exact) mass is 517 g/mol. The number of hydrogen-bond donors (Lipinski definition) is 1. The van der Waals surface area contributed by atoms with Gasteiger partial charge < -0.3 is 19.9 Å². The molecular formula is C32H40FN3O2. The van der Waals surface area contributed by atoms with E-state index in [1.807, 2.05) is 73.5 Å². The molecule has 1 unspecified atom stereocenters. The highest BCUT2D eigenvalue weighted by Gasteiger charge is 2.28. The first kappa shape index (κ1) is 27.8. The lowest BCUT2D eigenvalue weighted by Gasteiger charge is -2.38. The van der Waals surface area contributed by atoms with Gasteiger partial charge in [0, 0.05) is 44.2 Å². The number of likely N-dealkylation sites (tertiary alicyclic amines) is 1. The average molecular weight is 518 g/mol. The highest BCUT2D eigenvalue weighted by molar-refractivity contribution is 5.93. The number of nitrogens with zero attached hydrogens (tertiary/aromatic N) is 2. The van der Waals surface area contributed by atoms with Gasteiger partial charge in [0.05, 0.1) is 0 Å². The fourth-order valence-corrected chi connectivity index (χ4v) is 5.25. The van der Waals surface area contributed by atoms with E-state index in [0.29, 0.717) is 6.42 Å². The molecule has 1 fully saturated rings. The van der Waals surface area contributed by atoms with Gasteiger partial charge in [0.15, 0.2) is 0 Å². The van der Waals surface area contributed by atoms with Gasteiger partial charge in [0.25, 0.3) is 0 Å². The summed E-state index contributed by atoms with van der Waals surface area (Å²) in [4.78, 5) is 17.3. The molecule has 0 saturated carbocycles. The molecule has 4 rings (SSSR count). The molecule has 1 saturated heterocycles. The van der Waals surface area contributed by atoms with E-state index >= 15 is 0 Å². The van der Waals surface area contributed by atoms with Crippen LogP contribution in [0.4, 0.5) is 10.1 Å². The summed E-state index contributed by atoms with van der Waals surface area (Å²) in [5.41, 5.74) is 3.00. The molecule has 5 nitrogen and oxygen atoms in total. The summed E-state index contributed by atoms with van der Waals surface area (Å²) in [5.74, 6) is 0.798. The van der Waals surface area contributed by atoms with Crippen molar-refractivity contribution in [2.75, 3.05) is 38.1 Å². The summed E-state index contributed by atoms with van der Waals surface area (Å²) in [6.07, 6.45) is 3.83. The number of carbonyl (C=O) groups excluding carboxylic acids is 1. The van der Waals surface area contributed by atoms with Gasteiger partial charge >= 0.3 is 0 Å². The van der Waals surface area contributed by atoms with Crippen molar-refractivity contribution in [3.05, 3.63) is 95.8 Å². The number of benzene rings is 3. The van der Waals surface area contributed by atoms with Gasteiger partial charge in [-0.05, 0) is 74.3 Å². The molecule has 1 heterocycles. The Kier molecular flexibility index (Phi) is 10.3. The average Bonchev–Trinajstić information content (AvgIpc) is 2.96. The predicted octanol–water partition coefficient (Wildman–Crippen LogP) is 6.01. The van der Waals surface area contributed by atoms with Gasteiger partial charge in [-0.25, -0.2) is 4.39 Å². The number of nitrogens with one attached hydrogen (secondary N) is 1. The summed E-state index contributed by atoms with van der Waals surface area (Å²) in [5, 5.41) is 3.18. The first-order chi connectivity index (χ1) is 18.6. The molecule has 202 valence electrons. The Balaban J connectivity index is 1.37. The van der Waals surface area contributed by atoms with Crippen LogP contribution in [0.3, 0.4) is 0 Å². The first-order valence-corrected chi connectivity index (χ1v) is 13.8. The lowest BCUT2D eigenvalue weighted by molar-refractivity contribution is -0.119. The number of halogens is 1. The Morgan fingerprint density at radius 2 is 1.79 bits per heavy atom. The molecule has 6 heteroatoms. The molecule has 1 amide bonds. The smallest absolute Gasteiger partial charge is 0.226 e. The van der Waals surface area contributed by atoms with Crippen LogP contribution in [-0.4, -0.2) is 50.1 Å². The number of carbonyl (C=O) groups is 1. The molecule has 0 bridgehead atoms. The van der Waals surface area contributed by atoms with Crippen molar-refractivity contribution in [2.24, 2.45) is 0 Å². The zero-order valence-corrected chi connectivity index (χ0v) is 22.6. The number of amides is 1. The Bertz CT molecular complexity index is 1150. The molecule has 38 heavy (non-hydrogen) atoms. The lowest BCUT2D eigenvalue weighted by Crippen LogP contribution is -2.47. The van der Waals surface area contributed by atoms with Gasteiger partial charge in [0.2, 0.25) is 5.91 Å². The van der Waals surface area contributed by atoms with Crippen molar-refractivity contribution >= 4 is 11.6 Å². The minimum Gasteiger partial charge on any atom is -0.485 e. The largest absolute Gasteiger partial charge is 0.485 e. The zero-order valence-electron chi connectivity index (χ0n) is 22.6. The molecule has 1 aliphatic rings. The normalized spacial score (nSPS) is 15.2. The van der Waals surface area contributed by atoms with Gasteiger partial charge in [-0.1, -0.05) is 55.5 Å². The van der Waals surface area contributed by atoms with Crippen LogP contribution in [0.2, 0.25) is 0 Å². The molecule has 1 atom stereocenters. The maximum absolute atomic E-state index is 13.9. The third-order valence-corrected chi connectivity index (χ3v) is 7.34. The van der Waals surface area contributed by atoms with E-state index in [1.54, 1.807) is 12.1 Å². The zero-order chi connectivity index (χ0) is 26.7. The third kappa shape index (κ3) is 7.42. The Labute approximate surface area is 226 Å². The molecular weight excluding hydrogens is 477 g/mol. The number of piperidine rings is 1. The van der Waals surface area contributed by atoms with Crippen LogP contribution < -0.4 is 15.0 Å². The summed E-state index contributed by atoms with van der Waals surface area (Å²) in [7, 11) is 1.91. The second-order valence-corrected chi connectivity index (χ2v) is 9.94. The van der Waals surface area contributed by atoms with E-state index in [9.17, 15) is 9.18 Å². The highest BCUT2D eigenvalue weighted by Crippen LogP contribution is 2.29. The number of rotatable bonds is 12. The van der Waals surface area contributed by atoms with Crippen molar-refractivity contribution in [1.29, 1.82) is 0 Å². The number of para-hydroxylation sites is 2. The topological polar surface area (TPSA) is 44.8 Å². The molecule has 0 aliphatic carbocycles. The molecule has 0 radical (unpaired) electrons. The lowest BCUT2D eigenvalue weighted by atomic mass is 10.0. The second-order valence-electron chi connectivity index (χ2n) is 9.94. The van der Waals surface area contributed by atoms with Crippen molar-refractivity contribution < 1.29 is 13.9 Å². The maximum atomic E-state index is 13.9. The third-order valence-electron chi connectivity index (χ3n) is 7.34. The first-order valence-electron chi connectivity index (χ1n) is 13.8. The van der Waals surface area contributed by atoms with Crippen LogP contribution in [-0.2, 0) is 11.2 Å². The van der Waals surface area contributed by atoms with Crippen molar-refractivity contribution in [3.8, 4) is 5.75 Å². The molecule has 3 aromatic carbocycles. The summed E-state index contributed by atoms with van der Waals surface area (Å²) >= 11 is 0. The van der Waals surface area contributed by atoms with Crippen LogP contribution in [0.25, 0.3) is 0 Å². The van der Waals surface area contributed by atoms with E-state index in [2.05, 4.69) is 16.3 Å². The molecule has 1 N–H and O–H groups in total. The predicted molar refractivity (Wildman–Crippen MR) is 152 cm³/mol. The molecule has 3 aromatic rings. The van der Waals surface area contributed by atoms with Gasteiger partial charge in [-0.15, -0.1) is 0 Å². The van der Waals surface area contributed by atoms with Crippen LogP contribution >= 0.6 is 0 Å². The fourth-order valence-electron chi connectivity index (χ4n) is 5.25. The highest BCUT2D eigenvalue weighted by atomic mass is 19.1. The van der Waals surface area contributed by atoms with Crippen LogP contribution in [0, 0.1) is 5.82 Å². The summed E-state index contributed by atoms with van der Waals surface area (Å²) < 4.78 is 20.4. The van der Waals surface area contributed by atoms with Gasteiger partial charge in [-0.2, -0.15) is 0 Å². The van der Waals surface area contributed by atoms with E-state index < -0.39 is 0 Å². The minimum absolute atomic E-state index is 0.187. The van der Waals surface area contributed by atoms with Gasteiger partial charge in [0.1, 0.15) is 17.7 Å². The van der Waals surface area contributed by atoms with Crippen LogP contribution in [0.5, 0.6) is 5.75 Å². The van der Waals surface area contributed by atoms with Crippen molar-refractivity contribution in [2.45, 2.75) is 51.2 Å². The van der Waals surface area contributed by atoms with E-state index in [4.69, 9.17) is 4.74 Å². The van der Waals surface area contributed by atoms with Crippen LogP contribution in [0.15, 0.2) is 78.9 Å². The quantitative estimate of drug-likeness (QED) is 0.320. The fraction of sp³-hybridized carbons (Fsp3) is 0.406. The van der Waals surface area contributed by atoms with E-state index in [0.717, 1.165) is 74.4 Å². The molecule has 0 spiro atoms. The minimum atomic E-state index is -0.247. The SMILES string of the molecule is CCC(=O)N(c1ccccc1)C1CCN(CCc2ccccc2OC(CCNC)c2cccc(F)c2)CC1. The van der Waals surface area contributed by atoms with Crippen molar-refractivity contribution in [3.63, 3.8) is 0 Å². The van der Waals surface area contributed by atoms with E-state index in [-0.39, 0.29) is 23.9 Å². The van der Waals surface area contributed by atoms with Crippen molar-refractivity contribution in [1.82, 2.24) is 10.2 Å².